The Morgan fingerprint density at radius 3 is 2.62 bits per heavy atom. The zero-order chi connectivity index (χ0) is 12.1. The highest BCUT2D eigenvalue weighted by Gasteiger charge is 2.19. The van der Waals surface area contributed by atoms with Crippen LogP contribution in [-0.4, -0.2) is 34.5 Å². The number of carbonyl (C=O) groups excluding carboxylic acids is 1. The number of thiophene rings is 1. The van der Waals surface area contributed by atoms with Crippen LogP contribution in [-0.2, 0) is 16.0 Å². The third-order valence-corrected chi connectivity index (χ3v) is 2.92. The van der Waals surface area contributed by atoms with E-state index in [1.807, 2.05) is 30.7 Å². The average Bonchev–Trinajstić information content (AvgIpc) is 2.65. The predicted molar refractivity (Wildman–Crippen MR) is 62.5 cm³/mol. The normalized spacial score (nSPS) is 10.4. The second-order valence-electron chi connectivity index (χ2n) is 3.82. The maximum Gasteiger partial charge on any atom is 0.323 e. The van der Waals surface area contributed by atoms with E-state index in [4.69, 9.17) is 5.11 Å². The van der Waals surface area contributed by atoms with Crippen molar-refractivity contribution in [3.8, 4) is 0 Å². The van der Waals surface area contributed by atoms with Crippen LogP contribution in [0.25, 0.3) is 0 Å². The fourth-order valence-electron chi connectivity index (χ4n) is 1.37. The average molecular weight is 241 g/mol. The van der Waals surface area contributed by atoms with E-state index in [0.29, 0.717) is 0 Å². The molecule has 1 aromatic heterocycles. The Bertz CT molecular complexity index is 359. The van der Waals surface area contributed by atoms with Crippen molar-refractivity contribution in [2.24, 2.45) is 0 Å². The van der Waals surface area contributed by atoms with Crippen LogP contribution in [0.3, 0.4) is 0 Å². The van der Waals surface area contributed by atoms with Crippen molar-refractivity contribution in [2.75, 3.05) is 6.54 Å². The zero-order valence-corrected chi connectivity index (χ0v) is 10.2. The number of hydrogen-bond donors (Lipinski definition) is 1. The second-order valence-corrected chi connectivity index (χ2v) is 4.60. The van der Waals surface area contributed by atoms with E-state index < -0.39 is 5.97 Å². The summed E-state index contributed by atoms with van der Waals surface area (Å²) in [5, 5.41) is 12.5. The molecule has 0 bridgehead atoms. The first-order chi connectivity index (χ1) is 7.50. The van der Waals surface area contributed by atoms with Gasteiger partial charge in [0.2, 0.25) is 5.91 Å². The van der Waals surface area contributed by atoms with Crippen LogP contribution in [0.5, 0.6) is 0 Å². The molecule has 0 aliphatic heterocycles. The maximum absolute atomic E-state index is 11.9. The Labute approximate surface area is 98.5 Å². The zero-order valence-electron chi connectivity index (χ0n) is 9.34. The Balaban J connectivity index is 2.64. The number of rotatable bonds is 5. The molecule has 0 atom stereocenters. The van der Waals surface area contributed by atoms with Gasteiger partial charge in [0, 0.05) is 6.04 Å². The van der Waals surface area contributed by atoms with Crippen LogP contribution in [0.15, 0.2) is 16.8 Å². The van der Waals surface area contributed by atoms with E-state index in [1.165, 1.54) is 16.2 Å². The highest BCUT2D eigenvalue weighted by atomic mass is 32.1. The van der Waals surface area contributed by atoms with Gasteiger partial charge < -0.3 is 10.0 Å². The fraction of sp³-hybridized carbons (Fsp3) is 0.455. The summed E-state index contributed by atoms with van der Waals surface area (Å²) in [6, 6.07) is 1.78. The minimum absolute atomic E-state index is 0.0952. The van der Waals surface area contributed by atoms with Gasteiger partial charge in [-0.25, -0.2) is 0 Å². The lowest BCUT2D eigenvalue weighted by Gasteiger charge is -2.24. The van der Waals surface area contributed by atoms with Gasteiger partial charge in [0.05, 0.1) is 6.42 Å². The lowest BCUT2D eigenvalue weighted by molar-refractivity contribution is -0.145. The summed E-state index contributed by atoms with van der Waals surface area (Å²) in [4.78, 5) is 23.9. The first kappa shape index (κ1) is 12.7. The summed E-state index contributed by atoms with van der Waals surface area (Å²) in [6.07, 6.45) is 0.273. The molecule has 4 nitrogen and oxygen atoms in total. The molecule has 0 spiro atoms. The number of hydrogen-bond acceptors (Lipinski definition) is 3. The Morgan fingerprint density at radius 2 is 2.19 bits per heavy atom. The van der Waals surface area contributed by atoms with E-state index >= 15 is 0 Å². The number of carboxylic acids is 1. The first-order valence-corrected chi connectivity index (χ1v) is 5.97. The van der Waals surface area contributed by atoms with Crippen molar-refractivity contribution in [3.05, 3.63) is 22.4 Å². The Morgan fingerprint density at radius 1 is 1.50 bits per heavy atom. The minimum Gasteiger partial charge on any atom is -0.480 e. The van der Waals surface area contributed by atoms with Crippen molar-refractivity contribution < 1.29 is 14.7 Å². The van der Waals surface area contributed by atoms with Gasteiger partial charge in [0.1, 0.15) is 6.54 Å². The second kappa shape index (κ2) is 5.65. The molecule has 0 aliphatic rings. The molecular formula is C11H15NO3S. The predicted octanol–water partition coefficient (Wildman–Crippen LogP) is 1.61. The third-order valence-electron chi connectivity index (χ3n) is 2.18. The quantitative estimate of drug-likeness (QED) is 0.852. The van der Waals surface area contributed by atoms with Crippen LogP contribution in [0.1, 0.15) is 19.4 Å². The Kier molecular flexibility index (Phi) is 4.49. The van der Waals surface area contributed by atoms with Gasteiger partial charge in [0.15, 0.2) is 0 Å². The van der Waals surface area contributed by atoms with Gasteiger partial charge >= 0.3 is 5.97 Å². The van der Waals surface area contributed by atoms with Gasteiger partial charge in [-0.05, 0) is 36.2 Å². The number of amides is 1. The molecule has 5 heteroatoms. The largest absolute Gasteiger partial charge is 0.480 e. The number of nitrogens with zero attached hydrogens (tertiary/aromatic N) is 1. The van der Waals surface area contributed by atoms with Gasteiger partial charge in [-0.1, -0.05) is 0 Å². The van der Waals surface area contributed by atoms with E-state index in [0.717, 1.165) is 5.56 Å². The van der Waals surface area contributed by atoms with Crippen LogP contribution in [0, 0.1) is 0 Å². The van der Waals surface area contributed by atoms with E-state index in [1.54, 1.807) is 0 Å². The summed E-state index contributed by atoms with van der Waals surface area (Å²) in [5.41, 5.74) is 0.936. The van der Waals surface area contributed by atoms with Crippen molar-refractivity contribution in [3.63, 3.8) is 0 Å². The topological polar surface area (TPSA) is 57.6 Å². The highest BCUT2D eigenvalue weighted by molar-refractivity contribution is 7.07. The molecule has 1 heterocycles. The third kappa shape index (κ3) is 3.66. The van der Waals surface area contributed by atoms with Crippen molar-refractivity contribution >= 4 is 23.2 Å². The van der Waals surface area contributed by atoms with Crippen molar-refractivity contribution in [1.82, 2.24) is 4.90 Å². The Hall–Kier alpha value is -1.36. The fourth-order valence-corrected chi connectivity index (χ4v) is 2.04. The SMILES string of the molecule is CC(C)N(CC(=O)O)C(=O)Cc1ccsc1. The highest BCUT2D eigenvalue weighted by Crippen LogP contribution is 2.09. The molecule has 0 fully saturated rings. The molecule has 0 radical (unpaired) electrons. The monoisotopic (exact) mass is 241 g/mol. The van der Waals surface area contributed by atoms with Crippen LogP contribution in [0.4, 0.5) is 0 Å². The molecule has 0 unspecified atom stereocenters. The van der Waals surface area contributed by atoms with Gasteiger partial charge in [-0.15, -0.1) is 0 Å². The molecule has 0 saturated heterocycles. The molecule has 16 heavy (non-hydrogen) atoms. The molecule has 0 saturated carbocycles. The molecule has 1 aromatic rings. The molecule has 0 aromatic carbocycles. The van der Waals surface area contributed by atoms with E-state index in [2.05, 4.69) is 0 Å². The van der Waals surface area contributed by atoms with E-state index in [9.17, 15) is 9.59 Å². The molecule has 1 N–H and O–H groups in total. The van der Waals surface area contributed by atoms with Gasteiger partial charge in [-0.3, -0.25) is 9.59 Å². The van der Waals surface area contributed by atoms with E-state index in [-0.39, 0.29) is 24.9 Å². The molecular weight excluding hydrogens is 226 g/mol. The van der Waals surface area contributed by atoms with Crippen molar-refractivity contribution in [1.29, 1.82) is 0 Å². The van der Waals surface area contributed by atoms with Gasteiger partial charge in [-0.2, -0.15) is 11.3 Å². The van der Waals surface area contributed by atoms with Crippen LogP contribution in [0.2, 0.25) is 0 Å². The van der Waals surface area contributed by atoms with Crippen LogP contribution < -0.4 is 0 Å². The summed E-state index contributed by atoms with van der Waals surface area (Å²) < 4.78 is 0. The van der Waals surface area contributed by atoms with Gasteiger partial charge in [0.25, 0.3) is 0 Å². The molecule has 1 amide bonds. The summed E-state index contributed by atoms with van der Waals surface area (Å²) in [6.45, 7) is 3.39. The number of carboxylic acid groups (broad SMARTS) is 1. The minimum atomic E-state index is -0.979. The standard InChI is InChI=1S/C11H15NO3S/c1-8(2)12(6-11(14)15)10(13)5-9-3-4-16-7-9/h3-4,7-8H,5-6H2,1-2H3,(H,14,15). The summed E-state index contributed by atoms with van der Waals surface area (Å²) in [7, 11) is 0. The summed E-state index contributed by atoms with van der Waals surface area (Å²) >= 11 is 1.53. The summed E-state index contributed by atoms with van der Waals surface area (Å²) in [5.74, 6) is -1.12. The number of aliphatic carboxylic acids is 1. The lowest BCUT2D eigenvalue weighted by Crippen LogP contribution is -2.41. The van der Waals surface area contributed by atoms with Crippen LogP contribution >= 0.6 is 11.3 Å². The maximum atomic E-state index is 11.9. The number of carbonyl (C=O) groups is 2. The molecule has 1 rings (SSSR count). The smallest absolute Gasteiger partial charge is 0.323 e. The van der Waals surface area contributed by atoms with Crippen molar-refractivity contribution in [2.45, 2.75) is 26.3 Å². The first-order valence-electron chi connectivity index (χ1n) is 5.03. The molecule has 88 valence electrons. The lowest BCUT2D eigenvalue weighted by atomic mass is 10.2. The molecule has 0 aliphatic carbocycles.